The van der Waals surface area contributed by atoms with Crippen molar-refractivity contribution in [1.29, 1.82) is 0 Å². The van der Waals surface area contributed by atoms with Crippen molar-refractivity contribution in [3.05, 3.63) is 71.0 Å². The molecule has 1 aliphatic carbocycles. The Kier molecular flexibility index (Phi) is 3.59. The number of fused-ring (bicyclic) bond motifs is 5. The molecule has 6 nitrogen and oxygen atoms in total. The monoisotopic (exact) mass is 351 g/mol. The van der Waals surface area contributed by atoms with Gasteiger partial charge in [0.05, 0.1) is 14.2 Å². The number of ether oxygens (including phenoxy) is 2. The topological polar surface area (TPSA) is 65.1 Å². The summed E-state index contributed by atoms with van der Waals surface area (Å²) in [6.45, 7) is 0. The number of esters is 2. The predicted molar refractivity (Wildman–Crippen MR) is 92.6 cm³/mol. The maximum absolute atomic E-state index is 12.8. The average Bonchev–Trinajstić information content (AvgIpc) is 3.15. The molecule has 1 spiro atoms. The fourth-order valence-corrected chi connectivity index (χ4v) is 3.97. The number of hydrogen-bond donors (Lipinski definition) is 0. The predicted octanol–water partition coefficient (Wildman–Crippen LogP) is 2.39. The van der Waals surface area contributed by atoms with Gasteiger partial charge in [-0.15, -0.1) is 5.06 Å². The second-order valence-corrected chi connectivity index (χ2v) is 6.08. The average molecular weight is 351 g/mol. The van der Waals surface area contributed by atoms with Crippen molar-refractivity contribution in [3.8, 4) is 11.1 Å². The van der Waals surface area contributed by atoms with E-state index in [0.29, 0.717) is 0 Å². The summed E-state index contributed by atoms with van der Waals surface area (Å²) < 4.78 is 9.84. The summed E-state index contributed by atoms with van der Waals surface area (Å²) in [4.78, 5) is 30.8. The van der Waals surface area contributed by atoms with Crippen LogP contribution in [0.1, 0.15) is 11.1 Å². The van der Waals surface area contributed by atoms with E-state index < -0.39 is 17.5 Å². The van der Waals surface area contributed by atoms with Crippen LogP contribution >= 0.6 is 0 Å². The van der Waals surface area contributed by atoms with Crippen molar-refractivity contribution in [2.45, 2.75) is 5.54 Å². The first-order valence-corrected chi connectivity index (χ1v) is 8.10. The van der Waals surface area contributed by atoms with E-state index in [1.54, 1.807) is 7.05 Å². The smallest absolute Gasteiger partial charge is 0.376 e. The zero-order valence-corrected chi connectivity index (χ0v) is 14.6. The van der Waals surface area contributed by atoms with Crippen molar-refractivity contribution >= 4 is 11.9 Å². The normalized spacial score (nSPS) is 16.9. The molecular weight excluding hydrogens is 334 g/mol. The van der Waals surface area contributed by atoms with E-state index in [-0.39, 0.29) is 11.3 Å². The lowest BCUT2D eigenvalue weighted by Gasteiger charge is -2.33. The summed E-state index contributed by atoms with van der Waals surface area (Å²) in [5, 5.41) is 1.52. The standard InChI is InChI=1S/C20H17NO5/c1-21-20(16(18(22)24-2)17(26-21)19(23)25-3)14-10-6-4-8-12(14)13-9-5-7-11-15(13)20/h4-11H,1-3H3. The van der Waals surface area contributed by atoms with Crippen LogP contribution in [0.3, 0.4) is 0 Å². The van der Waals surface area contributed by atoms with Gasteiger partial charge in [0.15, 0.2) is 0 Å². The maximum Gasteiger partial charge on any atom is 0.376 e. The number of benzene rings is 2. The van der Waals surface area contributed by atoms with Crippen LogP contribution in [-0.2, 0) is 29.4 Å². The van der Waals surface area contributed by atoms with Crippen LogP contribution in [0, 0.1) is 0 Å². The number of nitrogens with zero attached hydrogens (tertiary/aromatic N) is 1. The second-order valence-electron chi connectivity index (χ2n) is 6.08. The van der Waals surface area contributed by atoms with E-state index in [2.05, 4.69) is 0 Å². The molecule has 1 aliphatic heterocycles. The van der Waals surface area contributed by atoms with Gasteiger partial charge in [-0.3, -0.25) is 0 Å². The van der Waals surface area contributed by atoms with Crippen LogP contribution in [0.4, 0.5) is 0 Å². The number of carbonyl (C=O) groups excluding carboxylic acids is 2. The number of rotatable bonds is 2. The van der Waals surface area contributed by atoms with Gasteiger partial charge in [-0.2, -0.15) is 0 Å². The van der Waals surface area contributed by atoms with Crippen molar-refractivity contribution < 1.29 is 23.9 Å². The number of carbonyl (C=O) groups is 2. The summed E-state index contributed by atoms with van der Waals surface area (Å²) in [6, 6.07) is 15.5. The van der Waals surface area contributed by atoms with Crippen LogP contribution in [0.2, 0.25) is 0 Å². The fraction of sp³-hybridized carbons (Fsp3) is 0.200. The van der Waals surface area contributed by atoms with Crippen LogP contribution in [0.15, 0.2) is 59.9 Å². The van der Waals surface area contributed by atoms with Crippen molar-refractivity contribution in [2.75, 3.05) is 21.3 Å². The molecule has 2 aromatic rings. The third-order valence-corrected chi connectivity index (χ3v) is 4.97. The highest BCUT2D eigenvalue weighted by atomic mass is 16.7. The van der Waals surface area contributed by atoms with Gasteiger partial charge in [-0.05, 0) is 22.3 Å². The van der Waals surface area contributed by atoms with Crippen LogP contribution < -0.4 is 0 Å². The highest BCUT2D eigenvalue weighted by Gasteiger charge is 2.59. The van der Waals surface area contributed by atoms with E-state index in [9.17, 15) is 9.59 Å². The lowest BCUT2D eigenvalue weighted by Crippen LogP contribution is -2.42. The molecule has 0 N–H and O–H groups in total. The zero-order chi connectivity index (χ0) is 18.5. The third-order valence-electron chi connectivity index (χ3n) is 4.97. The SMILES string of the molecule is COC(=O)C1=C(C(=O)OC)C2(c3ccccc3-c3ccccc32)N(C)O1. The van der Waals surface area contributed by atoms with E-state index in [0.717, 1.165) is 22.3 Å². The van der Waals surface area contributed by atoms with Crippen LogP contribution in [-0.4, -0.2) is 38.3 Å². The molecule has 0 bridgehead atoms. The summed E-state index contributed by atoms with van der Waals surface area (Å²) in [6.07, 6.45) is 0. The van der Waals surface area contributed by atoms with Gasteiger partial charge in [0, 0.05) is 7.05 Å². The molecule has 6 heteroatoms. The number of methoxy groups -OCH3 is 2. The Hall–Kier alpha value is -3.12. The van der Waals surface area contributed by atoms with Gasteiger partial charge < -0.3 is 14.3 Å². The molecule has 4 rings (SSSR count). The van der Waals surface area contributed by atoms with E-state index in [1.807, 2.05) is 48.5 Å². The molecule has 0 fully saturated rings. The molecule has 0 saturated heterocycles. The van der Waals surface area contributed by atoms with E-state index >= 15 is 0 Å². The number of hydroxylamine groups is 2. The molecule has 0 saturated carbocycles. The van der Waals surface area contributed by atoms with Crippen molar-refractivity contribution in [2.24, 2.45) is 0 Å². The summed E-state index contributed by atoms with van der Waals surface area (Å²) >= 11 is 0. The maximum atomic E-state index is 12.8. The highest BCUT2D eigenvalue weighted by Crippen LogP contribution is 2.57. The molecular formula is C20H17NO5. The molecule has 26 heavy (non-hydrogen) atoms. The largest absolute Gasteiger partial charge is 0.465 e. The Balaban J connectivity index is 2.13. The fourth-order valence-electron chi connectivity index (χ4n) is 3.97. The Morgan fingerprint density at radius 2 is 1.38 bits per heavy atom. The van der Waals surface area contributed by atoms with E-state index in [4.69, 9.17) is 14.3 Å². The van der Waals surface area contributed by atoms with Crippen molar-refractivity contribution in [3.63, 3.8) is 0 Å². The lowest BCUT2D eigenvalue weighted by molar-refractivity contribution is -0.158. The molecule has 0 radical (unpaired) electrons. The van der Waals surface area contributed by atoms with Crippen molar-refractivity contribution in [1.82, 2.24) is 5.06 Å². The minimum absolute atomic E-state index is 0.117. The second kappa shape index (κ2) is 5.71. The molecule has 132 valence electrons. The Morgan fingerprint density at radius 3 is 1.88 bits per heavy atom. The van der Waals surface area contributed by atoms with Gasteiger partial charge in [0.2, 0.25) is 5.76 Å². The number of likely N-dealkylation sites (N-methyl/N-ethyl adjacent to an activating group) is 1. The van der Waals surface area contributed by atoms with Crippen LogP contribution in [0.25, 0.3) is 11.1 Å². The molecule has 2 aromatic carbocycles. The number of hydrogen-bond acceptors (Lipinski definition) is 6. The molecule has 0 atom stereocenters. The summed E-state index contributed by atoms with van der Waals surface area (Å²) in [5.41, 5.74) is 2.69. The van der Waals surface area contributed by atoms with Crippen LogP contribution in [0.5, 0.6) is 0 Å². The Labute approximate surface area is 150 Å². The first-order chi connectivity index (χ1) is 12.6. The van der Waals surface area contributed by atoms with Gasteiger partial charge >= 0.3 is 11.9 Å². The molecule has 1 heterocycles. The first kappa shape index (κ1) is 16.4. The highest BCUT2D eigenvalue weighted by molar-refractivity contribution is 6.04. The van der Waals surface area contributed by atoms with Gasteiger partial charge in [-0.25, -0.2) is 9.59 Å². The van der Waals surface area contributed by atoms with Gasteiger partial charge in [0.25, 0.3) is 0 Å². The quantitative estimate of drug-likeness (QED) is 0.774. The van der Waals surface area contributed by atoms with Gasteiger partial charge in [-0.1, -0.05) is 48.5 Å². The Bertz CT molecular complexity index is 917. The first-order valence-electron chi connectivity index (χ1n) is 8.10. The molecule has 0 amide bonds. The summed E-state index contributed by atoms with van der Waals surface area (Å²) in [7, 11) is 4.22. The van der Waals surface area contributed by atoms with Gasteiger partial charge in [0.1, 0.15) is 11.1 Å². The minimum Gasteiger partial charge on any atom is -0.465 e. The van der Waals surface area contributed by atoms with E-state index in [1.165, 1.54) is 19.3 Å². The molecule has 0 aromatic heterocycles. The zero-order valence-electron chi connectivity index (χ0n) is 14.6. The minimum atomic E-state index is -1.08. The molecule has 0 unspecified atom stereocenters. The lowest BCUT2D eigenvalue weighted by atomic mass is 9.80. The Morgan fingerprint density at radius 1 is 0.885 bits per heavy atom. The molecule has 2 aliphatic rings. The third kappa shape index (κ3) is 1.84. The summed E-state index contributed by atoms with van der Waals surface area (Å²) in [5.74, 6) is -1.52.